The molecule has 0 N–H and O–H groups in total. The lowest BCUT2D eigenvalue weighted by molar-refractivity contribution is 1.18. The Bertz CT molecular complexity index is 3960. The summed E-state index contributed by atoms with van der Waals surface area (Å²) in [5.74, 6) is 0. The van der Waals surface area contributed by atoms with Crippen LogP contribution in [0.3, 0.4) is 0 Å². The summed E-state index contributed by atoms with van der Waals surface area (Å²) < 4.78 is 2.40. The Morgan fingerprint density at radius 1 is 0.277 bits per heavy atom. The zero-order valence-corrected chi connectivity index (χ0v) is 35.4. The minimum Gasteiger partial charge on any atom is -0.309 e. The third kappa shape index (κ3) is 6.28. The summed E-state index contributed by atoms with van der Waals surface area (Å²) >= 11 is 0. The largest absolute Gasteiger partial charge is 0.309 e. The van der Waals surface area contributed by atoms with Crippen molar-refractivity contribution in [2.24, 2.45) is 0 Å². The Morgan fingerprint density at radius 2 is 0.769 bits per heavy atom. The Balaban J connectivity index is 0.807. The van der Waals surface area contributed by atoms with E-state index in [0.29, 0.717) is 0 Å². The van der Waals surface area contributed by atoms with Crippen molar-refractivity contribution in [2.75, 3.05) is 0 Å². The van der Waals surface area contributed by atoms with Crippen LogP contribution in [0.25, 0.3) is 127 Å². The fourth-order valence-electron chi connectivity index (χ4n) is 9.95. The molecule has 302 valence electrons. The average Bonchev–Trinajstić information content (AvgIpc) is 3.72. The van der Waals surface area contributed by atoms with Crippen molar-refractivity contribution in [3.05, 3.63) is 237 Å². The first kappa shape index (κ1) is 36.9. The number of aromatic nitrogens is 3. The van der Waals surface area contributed by atoms with Crippen LogP contribution in [0.1, 0.15) is 0 Å². The van der Waals surface area contributed by atoms with Crippen molar-refractivity contribution < 1.29 is 0 Å². The van der Waals surface area contributed by atoms with Crippen LogP contribution in [-0.2, 0) is 0 Å². The lowest BCUT2D eigenvalue weighted by Gasteiger charge is -2.12. The highest BCUT2D eigenvalue weighted by molar-refractivity contribution is 6.23. The summed E-state index contributed by atoms with van der Waals surface area (Å²) in [5, 5.41) is 9.64. The Hall–Kier alpha value is -8.66. The number of benzene rings is 11. The smallest absolute Gasteiger partial charge is 0.0979 e. The van der Waals surface area contributed by atoms with Gasteiger partial charge in [0.15, 0.2) is 0 Å². The van der Waals surface area contributed by atoms with Gasteiger partial charge in [0.2, 0.25) is 0 Å². The number of para-hydroxylation sites is 1. The number of hydrogen-bond donors (Lipinski definition) is 0. The summed E-state index contributed by atoms with van der Waals surface area (Å²) in [4.78, 5) is 10.3. The van der Waals surface area contributed by atoms with Gasteiger partial charge in [0.25, 0.3) is 0 Å². The molecule has 11 aromatic carbocycles. The van der Waals surface area contributed by atoms with Crippen LogP contribution in [0.4, 0.5) is 0 Å². The topological polar surface area (TPSA) is 30.7 Å². The molecule has 0 saturated carbocycles. The van der Waals surface area contributed by atoms with Gasteiger partial charge in [0.05, 0.1) is 34.0 Å². The molecule has 13 aromatic rings. The standard InChI is InChI=1S/C62H39N3/c1-2-12-45-35-48(32-31-40(45)11-1)43-27-29-44(30-28-43)49-33-34-60-57(38-49)54-19-7-8-22-59(54)65(60)51-16-10-14-47(37-51)42-25-23-41(24-26-42)46-13-9-15-50(36-46)58-39-63-61-55-20-5-3-17-52(55)53-18-4-6-21-56(53)62(61)64-58/h1-39H. The summed E-state index contributed by atoms with van der Waals surface area (Å²) in [6.45, 7) is 0. The van der Waals surface area contributed by atoms with Gasteiger partial charge in [0.1, 0.15) is 0 Å². The van der Waals surface area contributed by atoms with Crippen molar-refractivity contribution in [1.82, 2.24) is 14.5 Å². The lowest BCUT2D eigenvalue weighted by Crippen LogP contribution is -1.94. The van der Waals surface area contributed by atoms with E-state index in [1.54, 1.807) is 0 Å². The average molecular weight is 826 g/mol. The van der Waals surface area contributed by atoms with E-state index in [2.05, 4.69) is 235 Å². The van der Waals surface area contributed by atoms with E-state index in [4.69, 9.17) is 9.97 Å². The van der Waals surface area contributed by atoms with E-state index in [-0.39, 0.29) is 0 Å². The Kier molecular flexibility index (Phi) is 8.53. The summed E-state index contributed by atoms with van der Waals surface area (Å²) in [6, 6.07) is 83.3. The molecule has 0 atom stereocenters. The first-order valence-corrected chi connectivity index (χ1v) is 22.2. The molecule has 0 unspecified atom stereocenters. The van der Waals surface area contributed by atoms with Gasteiger partial charge in [-0.25, -0.2) is 4.98 Å². The molecular weight excluding hydrogens is 787 g/mol. The third-order valence-electron chi connectivity index (χ3n) is 13.2. The number of rotatable bonds is 6. The molecule has 0 aliphatic rings. The van der Waals surface area contributed by atoms with Gasteiger partial charge >= 0.3 is 0 Å². The van der Waals surface area contributed by atoms with Crippen molar-refractivity contribution in [3.63, 3.8) is 0 Å². The molecule has 0 aliphatic heterocycles. The van der Waals surface area contributed by atoms with E-state index in [0.717, 1.165) is 49.9 Å². The first-order chi connectivity index (χ1) is 32.2. The van der Waals surface area contributed by atoms with E-state index < -0.39 is 0 Å². The molecule has 3 nitrogen and oxygen atoms in total. The minimum atomic E-state index is 0.862. The normalized spacial score (nSPS) is 11.7. The molecule has 3 heteroatoms. The molecule has 0 radical (unpaired) electrons. The maximum Gasteiger partial charge on any atom is 0.0979 e. The second-order valence-corrected chi connectivity index (χ2v) is 17.0. The van der Waals surface area contributed by atoms with Gasteiger partial charge in [-0.2, -0.15) is 0 Å². The molecule has 13 rings (SSSR count). The van der Waals surface area contributed by atoms with Crippen LogP contribution >= 0.6 is 0 Å². The van der Waals surface area contributed by atoms with Gasteiger partial charge < -0.3 is 4.57 Å². The molecule has 0 amide bonds. The third-order valence-corrected chi connectivity index (χ3v) is 13.2. The van der Waals surface area contributed by atoms with Crippen LogP contribution in [0.2, 0.25) is 0 Å². The fraction of sp³-hybridized carbons (Fsp3) is 0. The second-order valence-electron chi connectivity index (χ2n) is 17.0. The van der Waals surface area contributed by atoms with Gasteiger partial charge in [0, 0.05) is 32.8 Å². The van der Waals surface area contributed by atoms with E-state index >= 15 is 0 Å². The maximum absolute atomic E-state index is 5.25. The molecule has 0 fully saturated rings. The van der Waals surface area contributed by atoms with Gasteiger partial charge in [-0.05, 0) is 109 Å². The second kappa shape index (κ2) is 15.0. The summed E-state index contributed by atoms with van der Waals surface area (Å²) in [7, 11) is 0. The van der Waals surface area contributed by atoms with Gasteiger partial charge in [-0.15, -0.1) is 0 Å². The first-order valence-electron chi connectivity index (χ1n) is 22.2. The molecular formula is C62H39N3. The fourth-order valence-corrected chi connectivity index (χ4v) is 9.95. The van der Waals surface area contributed by atoms with Crippen LogP contribution in [0, 0.1) is 0 Å². The van der Waals surface area contributed by atoms with E-state index in [9.17, 15) is 0 Å². The molecule has 0 aliphatic carbocycles. The molecule has 0 spiro atoms. The predicted molar refractivity (Wildman–Crippen MR) is 274 cm³/mol. The molecule has 2 aromatic heterocycles. The molecule has 65 heavy (non-hydrogen) atoms. The zero-order valence-electron chi connectivity index (χ0n) is 35.4. The quantitative estimate of drug-likeness (QED) is 0.156. The maximum atomic E-state index is 5.25. The summed E-state index contributed by atoms with van der Waals surface area (Å²) in [5.41, 5.74) is 16.8. The van der Waals surface area contributed by atoms with E-state index in [1.807, 2.05) is 6.20 Å². The highest BCUT2D eigenvalue weighted by atomic mass is 15.0. The Labute approximate surface area is 376 Å². The highest BCUT2D eigenvalue weighted by Gasteiger charge is 2.16. The Morgan fingerprint density at radius 3 is 1.48 bits per heavy atom. The van der Waals surface area contributed by atoms with Crippen LogP contribution in [0.15, 0.2) is 237 Å². The van der Waals surface area contributed by atoms with Crippen molar-refractivity contribution in [3.8, 4) is 61.5 Å². The van der Waals surface area contributed by atoms with Gasteiger partial charge in [-0.1, -0.05) is 188 Å². The number of fused-ring (bicyclic) bond motifs is 10. The van der Waals surface area contributed by atoms with Gasteiger partial charge in [-0.3, -0.25) is 4.98 Å². The van der Waals surface area contributed by atoms with Crippen molar-refractivity contribution in [1.29, 1.82) is 0 Å². The predicted octanol–water partition coefficient (Wildman–Crippen LogP) is 16.5. The van der Waals surface area contributed by atoms with Crippen LogP contribution in [0.5, 0.6) is 0 Å². The van der Waals surface area contributed by atoms with E-state index in [1.165, 1.54) is 76.7 Å². The van der Waals surface area contributed by atoms with Crippen molar-refractivity contribution >= 4 is 65.2 Å². The molecule has 0 bridgehead atoms. The molecule has 2 heterocycles. The molecule has 0 saturated heterocycles. The zero-order chi connectivity index (χ0) is 42.8. The number of hydrogen-bond acceptors (Lipinski definition) is 2. The van der Waals surface area contributed by atoms with Crippen LogP contribution in [-0.4, -0.2) is 14.5 Å². The van der Waals surface area contributed by atoms with Crippen LogP contribution < -0.4 is 0 Å². The SMILES string of the molecule is c1cc(-c2ccc(-c3cccc(-n4c5ccccc5c5cc(-c6ccc(-c7ccc8ccccc8c7)cc6)ccc54)c3)cc2)cc(-c2cnc3c4ccccc4c4ccccc4c3n2)c1. The minimum absolute atomic E-state index is 0.862. The summed E-state index contributed by atoms with van der Waals surface area (Å²) in [6.07, 6.45) is 1.92. The highest BCUT2D eigenvalue weighted by Crippen LogP contribution is 2.38. The monoisotopic (exact) mass is 825 g/mol. The number of nitrogens with zero attached hydrogens (tertiary/aromatic N) is 3. The van der Waals surface area contributed by atoms with Crippen molar-refractivity contribution in [2.45, 2.75) is 0 Å². The lowest BCUT2D eigenvalue weighted by atomic mass is 9.97.